The molecule has 0 aliphatic carbocycles. The fourth-order valence-electron chi connectivity index (χ4n) is 4.27. The van der Waals surface area contributed by atoms with E-state index in [9.17, 15) is 9.59 Å². The number of amides is 2. The lowest BCUT2D eigenvalue weighted by Crippen LogP contribution is -2.52. The molecule has 2 aromatic heterocycles. The molecule has 3 N–H and O–H groups in total. The van der Waals surface area contributed by atoms with Crippen LogP contribution in [0.1, 0.15) is 23.2 Å². The molecule has 1 atom stereocenters. The second-order valence-corrected chi connectivity index (χ2v) is 7.95. The minimum absolute atomic E-state index is 0.0400. The van der Waals surface area contributed by atoms with Crippen LogP contribution in [0.4, 0.5) is 5.82 Å². The van der Waals surface area contributed by atoms with Crippen LogP contribution < -0.4 is 15.5 Å². The number of aromatic nitrogens is 3. The molecule has 8 nitrogen and oxygen atoms in total. The number of H-pyrrole nitrogens is 1. The molecule has 1 saturated heterocycles. The number of anilines is 1. The fraction of sp³-hybridized carbons (Fsp3) is 0.250. The van der Waals surface area contributed by atoms with Gasteiger partial charge < -0.3 is 15.6 Å². The number of benzene rings is 2. The van der Waals surface area contributed by atoms with Gasteiger partial charge in [-0.2, -0.15) is 0 Å². The van der Waals surface area contributed by atoms with E-state index < -0.39 is 0 Å². The predicted molar refractivity (Wildman–Crippen MR) is 124 cm³/mol. The first-order valence-electron chi connectivity index (χ1n) is 10.8. The van der Waals surface area contributed by atoms with Gasteiger partial charge in [0, 0.05) is 18.3 Å². The topological polar surface area (TPSA) is 103 Å². The summed E-state index contributed by atoms with van der Waals surface area (Å²) in [7, 11) is 0. The minimum Gasteiger partial charge on any atom is -0.346 e. The molecule has 3 heterocycles. The molecule has 162 valence electrons. The number of hydrogen-bond acceptors (Lipinski definition) is 5. The van der Waals surface area contributed by atoms with E-state index in [1.807, 2.05) is 42.5 Å². The molecular formula is C24H24N6O2. The Morgan fingerprint density at radius 2 is 1.97 bits per heavy atom. The van der Waals surface area contributed by atoms with Gasteiger partial charge in [-0.3, -0.25) is 14.5 Å². The van der Waals surface area contributed by atoms with E-state index in [0.717, 1.165) is 35.5 Å². The van der Waals surface area contributed by atoms with Gasteiger partial charge >= 0.3 is 0 Å². The molecule has 32 heavy (non-hydrogen) atoms. The quantitative estimate of drug-likeness (QED) is 0.453. The first-order chi connectivity index (χ1) is 15.7. The predicted octanol–water partition coefficient (Wildman–Crippen LogP) is 2.63. The SMILES string of the molecule is O=C(NCC(=O)N(c1ncnc2[nH]ccc12)C1CCCNC1)c1ccc2ccccc2c1. The maximum Gasteiger partial charge on any atom is 0.251 e. The highest BCUT2D eigenvalue weighted by atomic mass is 16.2. The molecule has 1 aliphatic heterocycles. The zero-order chi connectivity index (χ0) is 21.9. The molecule has 1 fully saturated rings. The van der Waals surface area contributed by atoms with Crippen molar-refractivity contribution in [2.24, 2.45) is 0 Å². The van der Waals surface area contributed by atoms with Gasteiger partial charge in [0.1, 0.15) is 17.8 Å². The van der Waals surface area contributed by atoms with Gasteiger partial charge in [-0.05, 0) is 48.4 Å². The Labute approximate surface area is 185 Å². The number of nitrogens with one attached hydrogen (secondary N) is 3. The number of carbonyl (C=O) groups excluding carboxylic acids is 2. The lowest BCUT2D eigenvalue weighted by molar-refractivity contribution is -0.118. The number of aromatic amines is 1. The number of carbonyl (C=O) groups is 2. The molecule has 0 bridgehead atoms. The van der Waals surface area contributed by atoms with Crippen molar-refractivity contribution in [2.75, 3.05) is 24.5 Å². The lowest BCUT2D eigenvalue weighted by Gasteiger charge is -2.34. The van der Waals surface area contributed by atoms with E-state index in [1.165, 1.54) is 6.33 Å². The smallest absolute Gasteiger partial charge is 0.251 e. The standard InChI is InChI=1S/C24H24N6O2/c31-21(14-27-24(32)18-8-7-16-4-1-2-5-17(16)12-18)30(19-6-3-10-25-13-19)23-20-9-11-26-22(20)28-15-29-23/h1-2,4-5,7-9,11-12,15,19,25H,3,6,10,13-14H2,(H,27,32)(H,26,28,29). The summed E-state index contributed by atoms with van der Waals surface area (Å²) in [6, 6.07) is 15.2. The van der Waals surface area contributed by atoms with Crippen molar-refractivity contribution in [2.45, 2.75) is 18.9 Å². The van der Waals surface area contributed by atoms with E-state index in [2.05, 4.69) is 25.6 Å². The van der Waals surface area contributed by atoms with Crippen molar-refractivity contribution in [1.29, 1.82) is 0 Å². The Morgan fingerprint density at radius 3 is 2.81 bits per heavy atom. The Kier molecular flexibility index (Phi) is 5.51. The summed E-state index contributed by atoms with van der Waals surface area (Å²) < 4.78 is 0. The Hall–Kier alpha value is -3.78. The van der Waals surface area contributed by atoms with Crippen molar-refractivity contribution < 1.29 is 9.59 Å². The highest BCUT2D eigenvalue weighted by Crippen LogP contribution is 2.26. The number of hydrogen-bond donors (Lipinski definition) is 3. The summed E-state index contributed by atoms with van der Waals surface area (Å²) in [6.07, 6.45) is 5.08. The van der Waals surface area contributed by atoms with Crippen LogP contribution in [-0.4, -0.2) is 52.4 Å². The third-order valence-corrected chi connectivity index (χ3v) is 5.88. The summed E-state index contributed by atoms with van der Waals surface area (Å²) in [6.45, 7) is 1.50. The summed E-state index contributed by atoms with van der Waals surface area (Å²) in [5.41, 5.74) is 1.20. The minimum atomic E-state index is -0.277. The monoisotopic (exact) mass is 428 g/mol. The van der Waals surface area contributed by atoms with Gasteiger partial charge in [0.05, 0.1) is 18.0 Å². The van der Waals surface area contributed by atoms with Crippen molar-refractivity contribution in [1.82, 2.24) is 25.6 Å². The van der Waals surface area contributed by atoms with E-state index in [4.69, 9.17) is 0 Å². The van der Waals surface area contributed by atoms with Crippen molar-refractivity contribution in [3.63, 3.8) is 0 Å². The highest BCUT2D eigenvalue weighted by Gasteiger charge is 2.29. The van der Waals surface area contributed by atoms with Crippen LogP contribution in [0.5, 0.6) is 0 Å². The average Bonchev–Trinajstić information content (AvgIpc) is 3.33. The Bertz CT molecular complexity index is 1280. The van der Waals surface area contributed by atoms with Gasteiger partial charge in [0.2, 0.25) is 5.91 Å². The van der Waals surface area contributed by atoms with Gasteiger partial charge in [-0.25, -0.2) is 9.97 Å². The highest BCUT2D eigenvalue weighted by molar-refractivity contribution is 6.05. The van der Waals surface area contributed by atoms with E-state index in [0.29, 0.717) is 23.6 Å². The van der Waals surface area contributed by atoms with Crippen molar-refractivity contribution in [3.8, 4) is 0 Å². The number of piperidine rings is 1. The van der Waals surface area contributed by atoms with Gasteiger partial charge in [0.15, 0.2) is 0 Å². The molecule has 8 heteroatoms. The lowest BCUT2D eigenvalue weighted by atomic mass is 10.0. The first kappa shape index (κ1) is 20.1. The second-order valence-electron chi connectivity index (χ2n) is 7.95. The van der Waals surface area contributed by atoms with Crippen molar-refractivity contribution in [3.05, 3.63) is 66.6 Å². The maximum atomic E-state index is 13.4. The normalized spacial score (nSPS) is 16.2. The number of rotatable bonds is 5. The molecule has 4 aromatic rings. The van der Waals surface area contributed by atoms with Crippen LogP contribution in [0.25, 0.3) is 21.8 Å². The molecule has 2 aromatic carbocycles. The molecule has 0 saturated carbocycles. The third kappa shape index (κ3) is 3.92. The zero-order valence-electron chi connectivity index (χ0n) is 17.5. The van der Waals surface area contributed by atoms with Crippen LogP contribution in [0.2, 0.25) is 0 Å². The molecule has 0 radical (unpaired) electrons. The maximum absolute atomic E-state index is 13.4. The number of fused-ring (bicyclic) bond motifs is 2. The second kappa shape index (κ2) is 8.76. The van der Waals surface area contributed by atoms with E-state index in [1.54, 1.807) is 17.2 Å². The Morgan fingerprint density at radius 1 is 1.09 bits per heavy atom. The fourth-order valence-corrected chi connectivity index (χ4v) is 4.27. The first-order valence-corrected chi connectivity index (χ1v) is 10.8. The molecule has 0 spiro atoms. The summed E-state index contributed by atoms with van der Waals surface area (Å²) in [4.78, 5) is 39.6. The van der Waals surface area contributed by atoms with Crippen LogP contribution in [-0.2, 0) is 4.79 Å². The van der Waals surface area contributed by atoms with Crippen LogP contribution >= 0.6 is 0 Å². The zero-order valence-corrected chi connectivity index (χ0v) is 17.5. The van der Waals surface area contributed by atoms with Crippen LogP contribution in [0, 0.1) is 0 Å². The molecular weight excluding hydrogens is 404 g/mol. The third-order valence-electron chi connectivity index (χ3n) is 5.88. The number of nitrogens with zero attached hydrogens (tertiary/aromatic N) is 3. The van der Waals surface area contributed by atoms with E-state index in [-0.39, 0.29) is 24.4 Å². The summed E-state index contributed by atoms with van der Waals surface area (Å²) >= 11 is 0. The summed E-state index contributed by atoms with van der Waals surface area (Å²) in [5, 5.41) is 8.98. The van der Waals surface area contributed by atoms with Gasteiger partial charge in [-0.15, -0.1) is 0 Å². The largest absolute Gasteiger partial charge is 0.346 e. The van der Waals surface area contributed by atoms with Crippen LogP contribution in [0.3, 0.4) is 0 Å². The molecule has 5 rings (SSSR count). The molecule has 1 aliphatic rings. The van der Waals surface area contributed by atoms with Gasteiger partial charge in [-0.1, -0.05) is 30.3 Å². The van der Waals surface area contributed by atoms with E-state index >= 15 is 0 Å². The summed E-state index contributed by atoms with van der Waals surface area (Å²) in [5.74, 6) is 0.0873. The van der Waals surface area contributed by atoms with Gasteiger partial charge in [0.25, 0.3) is 5.91 Å². The Balaban J connectivity index is 1.37. The van der Waals surface area contributed by atoms with Crippen LogP contribution in [0.15, 0.2) is 61.1 Å². The average molecular weight is 428 g/mol. The molecule has 1 unspecified atom stereocenters. The molecule has 2 amide bonds. The van der Waals surface area contributed by atoms with Crippen molar-refractivity contribution >= 4 is 39.4 Å².